The molecule has 1 heterocycles. The van der Waals surface area contributed by atoms with Gasteiger partial charge in [-0.15, -0.1) is 0 Å². The standard InChI is InChI=1S/C19H19ClN4O/c1-12(2)13-7-9-14(10-8-13)25-19-17(21)18(22-11-23-19)24-16-6-4-3-5-15(16)20/h3-12H,21H2,1-2H3,(H,22,23,24). The summed E-state index contributed by atoms with van der Waals surface area (Å²) in [6.07, 6.45) is 1.40. The zero-order valence-electron chi connectivity index (χ0n) is 14.0. The van der Waals surface area contributed by atoms with E-state index in [1.165, 1.54) is 11.9 Å². The molecule has 0 saturated heterocycles. The van der Waals surface area contributed by atoms with Crippen LogP contribution in [0.2, 0.25) is 5.02 Å². The lowest BCUT2D eigenvalue weighted by Crippen LogP contribution is -2.03. The monoisotopic (exact) mass is 354 g/mol. The topological polar surface area (TPSA) is 73.1 Å². The Morgan fingerprint density at radius 3 is 2.44 bits per heavy atom. The molecule has 0 aliphatic rings. The first kappa shape index (κ1) is 17.0. The van der Waals surface area contributed by atoms with E-state index in [0.717, 1.165) is 0 Å². The number of nitrogen functional groups attached to an aromatic ring is 1. The van der Waals surface area contributed by atoms with Gasteiger partial charge in [0.1, 0.15) is 17.8 Å². The predicted octanol–water partition coefficient (Wildman–Crippen LogP) is 5.37. The van der Waals surface area contributed by atoms with Gasteiger partial charge in [-0.05, 0) is 35.7 Å². The second-order valence-electron chi connectivity index (χ2n) is 5.87. The maximum absolute atomic E-state index is 6.16. The van der Waals surface area contributed by atoms with E-state index in [-0.39, 0.29) is 0 Å². The first-order valence-corrected chi connectivity index (χ1v) is 8.32. The largest absolute Gasteiger partial charge is 0.437 e. The van der Waals surface area contributed by atoms with Crippen LogP contribution < -0.4 is 15.8 Å². The Labute approximate surface area is 151 Å². The van der Waals surface area contributed by atoms with Gasteiger partial charge < -0.3 is 15.8 Å². The van der Waals surface area contributed by atoms with Gasteiger partial charge in [0.05, 0.1) is 10.7 Å². The molecular weight excluding hydrogens is 336 g/mol. The molecule has 128 valence electrons. The van der Waals surface area contributed by atoms with Crippen LogP contribution in [0.4, 0.5) is 17.2 Å². The Morgan fingerprint density at radius 2 is 1.76 bits per heavy atom. The number of aromatic nitrogens is 2. The van der Waals surface area contributed by atoms with Gasteiger partial charge in [0.25, 0.3) is 0 Å². The van der Waals surface area contributed by atoms with Crippen LogP contribution in [-0.4, -0.2) is 9.97 Å². The van der Waals surface area contributed by atoms with E-state index >= 15 is 0 Å². The highest BCUT2D eigenvalue weighted by atomic mass is 35.5. The van der Waals surface area contributed by atoms with E-state index in [1.54, 1.807) is 6.07 Å². The summed E-state index contributed by atoms with van der Waals surface area (Å²) in [6, 6.07) is 15.2. The summed E-state index contributed by atoms with van der Waals surface area (Å²) in [5.41, 5.74) is 8.42. The van der Waals surface area contributed by atoms with Crippen molar-refractivity contribution in [1.82, 2.24) is 9.97 Å². The molecule has 25 heavy (non-hydrogen) atoms. The number of anilines is 3. The van der Waals surface area contributed by atoms with E-state index in [2.05, 4.69) is 29.1 Å². The van der Waals surface area contributed by atoms with Crippen LogP contribution in [0.1, 0.15) is 25.3 Å². The van der Waals surface area contributed by atoms with Crippen LogP contribution in [0.3, 0.4) is 0 Å². The maximum Gasteiger partial charge on any atom is 0.248 e. The molecule has 3 aromatic rings. The zero-order chi connectivity index (χ0) is 17.8. The highest BCUT2D eigenvalue weighted by Gasteiger charge is 2.12. The maximum atomic E-state index is 6.16. The minimum atomic E-state index is 0.293. The number of halogens is 1. The number of hydrogen-bond donors (Lipinski definition) is 2. The average molecular weight is 355 g/mol. The summed E-state index contributed by atoms with van der Waals surface area (Å²) in [6.45, 7) is 4.29. The van der Waals surface area contributed by atoms with Crippen LogP contribution in [0.25, 0.3) is 0 Å². The van der Waals surface area contributed by atoms with Gasteiger partial charge >= 0.3 is 0 Å². The molecule has 0 atom stereocenters. The Hall–Kier alpha value is -2.79. The Kier molecular flexibility index (Phi) is 5.05. The molecule has 0 spiro atoms. The van der Waals surface area contributed by atoms with E-state index in [0.29, 0.717) is 39.8 Å². The first-order valence-electron chi connectivity index (χ1n) is 7.94. The van der Waals surface area contributed by atoms with E-state index in [4.69, 9.17) is 22.1 Å². The molecule has 0 radical (unpaired) electrons. The lowest BCUT2D eigenvalue weighted by molar-refractivity contribution is 0.464. The molecule has 3 N–H and O–H groups in total. The Morgan fingerprint density at radius 1 is 1.04 bits per heavy atom. The van der Waals surface area contributed by atoms with Gasteiger partial charge in [0.2, 0.25) is 5.88 Å². The second-order valence-corrected chi connectivity index (χ2v) is 6.28. The SMILES string of the molecule is CC(C)c1ccc(Oc2ncnc(Nc3ccccc3Cl)c2N)cc1. The van der Waals surface area contributed by atoms with E-state index in [9.17, 15) is 0 Å². The highest BCUT2D eigenvalue weighted by molar-refractivity contribution is 6.33. The number of ether oxygens (including phenoxy) is 1. The van der Waals surface area contributed by atoms with Crippen molar-refractivity contribution in [2.75, 3.05) is 11.1 Å². The zero-order valence-corrected chi connectivity index (χ0v) is 14.8. The van der Waals surface area contributed by atoms with Crippen molar-refractivity contribution in [3.8, 4) is 11.6 Å². The molecule has 3 rings (SSSR count). The number of nitrogens with one attached hydrogen (secondary N) is 1. The van der Waals surface area contributed by atoms with Crippen molar-refractivity contribution < 1.29 is 4.74 Å². The van der Waals surface area contributed by atoms with Gasteiger partial charge in [-0.25, -0.2) is 4.98 Å². The van der Waals surface area contributed by atoms with Crippen molar-refractivity contribution >= 4 is 28.8 Å². The third kappa shape index (κ3) is 4.00. The fraction of sp³-hybridized carbons (Fsp3) is 0.158. The quantitative estimate of drug-likeness (QED) is 0.644. The molecule has 1 aromatic heterocycles. The minimum Gasteiger partial charge on any atom is -0.437 e. The predicted molar refractivity (Wildman–Crippen MR) is 102 cm³/mol. The van der Waals surface area contributed by atoms with Crippen molar-refractivity contribution in [3.63, 3.8) is 0 Å². The number of para-hydroxylation sites is 1. The third-order valence-corrected chi connectivity index (χ3v) is 4.07. The number of nitrogens with two attached hydrogens (primary N) is 1. The van der Waals surface area contributed by atoms with Crippen molar-refractivity contribution in [1.29, 1.82) is 0 Å². The number of nitrogens with zero attached hydrogens (tertiary/aromatic N) is 2. The van der Waals surface area contributed by atoms with Gasteiger partial charge in [0, 0.05) is 0 Å². The molecule has 0 fully saturated rings. The van der Waals surface area contributed by atoms with Crippen molar-refractivity contribution in [3.05, 3.63) is 65.4 Å². The molecular formula is C19H19ClN4O. The minimum absolute atomic E-state index is 0.293. The highest BCUT2D eigenvalue weighted by Crippen LogP contribution is 2.33. The molecule has 5 nitrogen and oxygen atoms in total. The lowest BCUT2D eigenvalue weighted by atomic mass is 10.0. The summed E-state index contributed by atoms with van der Waals surface area (Å²) in [4.78, 5) is 8.29. The molecule has 0 saturated carbocycles. The summed E-state index contributed by atoms with van der Waals surface area (Å²) < 4.78 is 5.80. The number of hydrogen-bond acceptors (Lipinski definition) is 5. The fourth-order valence-corrected chi connectivity index (χ4v) is 2.47. The summed E-state index contributed by atoms with van der Waals surface area (Å²) in [7, 11) is 0. The fourth-order valence-electron chi connectivity index (χ4n) is 2.28. The average Bonchev–Trinajstić information content (AvgIpc) is 2.61. The smallest absolute Gasteiger partial charge is 0.248 e. The van der Waals surface area contributed by atoms with Crippen molar-refractivity contribution in [2.45, 2.75) is 19.8 Å². The van der Waals surface area contributed by atoms with E-state index in [1.807, 2.05) is 42.5 Å². The van der Waals surface area contributed by atoms with Gasteiger partial charge in [-0.2, -0.15) is 4.98 Å². The summed E-state index contributed by atoms with van der Waals surface area (Å²) >= 11 is 6.16. The van der Waals surface area contributed by atoms with Crippen LogP contribution in [0.15, 0.2) is 54.9 Å². The first-order chi connectivity index (χ1) is 12.0. The lowest BCUT2D eigenvalue weighted by Gasteiger charge is -2.13. The van der Waals surface area contributed by atoms with Gasteiger partial charge in [-0.1, -0.05) is 49.7 Å². The Balaban J connectivity index is 1.82. The third-order valence-electron chi connectivity index (χ3n) is 3.74. The van der Waals surface area contributed by atoms with E-state index < -0.39 is 0 Å². The van der Waals surface area contributed by atoms with Crippen LogP contribution in [0, 0.1) is 0 Å². The van der Waals surface area contributed by atoms with Crippen LogP contribution >= 0.6 is 11.6 Å². The summed E-state index contributed by atoms with van der Waals surface area (Å²) in [5.74, 6) is 1.86. The molecule has 0 aliphatic heterocycles. The van der Waals surface area contributed by atoms with Crippen LogP contribution in [-0.2, 0) is 0 Å². The molecule has 0 bridgehead atoms. The normalized spacial score (nSPS) is 10.7. The molecule has 6 heteroatoms. The Bertz CT molecular complexity index is 866. The number of benzene rings is 2. The second kappa shape index (κ2) is 7.40. The van der Waals surface area contributed by atoms with Gasteiger partial charge in [0.15, 0.2) is 5.82 Å². The summed E-state index contributed by atoms with van der Waals surface area (Å²) in [5, 5.41) is 3.68. The molecule has 0 amide bonds. The molecule has 2 aromatic carbocycles. The van der Waals surface area contributed by atoms with Crippen molar-refractivity contribution in [2.24, 2.45) is 0 Å². The molecule has 0 unspecified atom stereocenters. The molecule has 0 aliphatic carbocycles. The number of rotatable bonds is 5. The van der Waals surface area contributed by atoms with Crippen LogP contribution in [0.5, 0.6) is 11.6 Å². The van der Waals surface area contributed by atoms with Gasteiger partial charge in [-0.3, -0.25) is 0 Å².